The van der Waals surface area contributed by atoms with Crippen LogP contribution in [-0.4, -0.2) is 21.2 Å². The molecule has 2 heterocycles. The first-order chi connectivity index (χ1) is 12.7. The van der Waals surface area contributed by atoms with Gasteiger partial charge in [-0.3, -0.25) is 0 Å². The fraction of sp³-hybridized carbons (Fsp3) is 0. The fourth-order valence-electron chi connectivity index (χ4n) is 2.73. The molecule has 1 N–H and O–H groups in total. The molecule has 26 heavy (non-hydrogen) atoms. The quantitative estimate of drug-likeness (QED) is 0.237. The molecular formula is C19H12BrN3O3. The van der Waals surface area contributed by atoms with E-state index in [0.29, 0.717) is 22.4 Å². The number of rotatable bonds is 3. The Bertz CT molecular complexity index is 1180. The maximum atomic E-state index is 12.5. The average Bonchev–Trinajstić information content (AvgIpc) is 3.06. The van der Waals surface area contributed by atoms with Gasteiger partial charge in [0.25, 0.3) is 0 Å². The van der Waals surface area contributed by atoms with Gasteiger partial charge in [-0.2, -0.15) is 5.10 Å². The molecule has 4 aromatic rings. The topological polar surface area (TPSA) is 80.6 Å². The minimum Gasteiger partial charge on any atom is -0.422 e. The highest BCUT2D eigenvalue weighted by molar-refractivity contribution is 9.10. The summed E-state index contributed by atoms with van der Waals surface area (Å²) in [5.74, 6) is 0. The summed E-state index contributed by atoms with van der Waals surface area (Å²) in [6.07, 6.45) is 2.93. The summed E-state index contributed by atoms with van der Waals surface area (Å²) >= 11 is 3.41. The largest absolute Gasteiger partial charge is 0.422 e. The minimum atomic E-state index is -0.509. The summed E-state index contributed by atoms with van der Waals surface area (Å²) in [6, 6.07) is 16.6. The second kappa shape index (κ2) is 6.61. The summed E-state index contributed by atoms with van der Waals surface area (Å²) in [5.41, 5.74) is 1.97. The van der Waals surface area contributed by atoms with E-state index in [2.05, 4.69) is 26.2 Å². The second-order valence-electron chi connectivity index (χ2n) is 5.59. The zero-order chi connectivity index (χ0) is 18.1. The van der Waals surface area contributed by atoms with Crippen LogP contribution in [0.5, 0.6) is 0 Å². The number of para-hydroxylation sites is 1. The van der Waals surface area contributed by atoms with Gasteiger partial charge in [0, 0.05) is 21.6 Å². The third-order valence-corrected chi connectivity index (χ3v) is 4.40. The fourth-order valence-corrected chi connectivity index (χ4v) is 3.10. The maximum absolute atomic E-state index is 12.5. The van der Waals surface area contributed by atoms with Crippen molar-refractivity contribution in [2.24, 2.45) is 5.16 Å². The zero-order valence-corrected chi connectivity index (χ0v) is 14.9. The molecule has 6 nitrogen and oxygen atoms in total. The molecule has 0 atom stereocenters. The monoisotopic (exact) mass is 409 g/mol. The Morgan fingerprint density at radius 3 is 2.73 bits per heavy atom. The number of aromatic nitrogens is 2. The Labute approximate surface area is 156 Å². The van der Waals surface area contributed by atoms with Crippen LogP contribution in [0.4, 0.5) is 0 Å². The van der Waals surface area contributed by atoms with Crippen LogP contribution in [0.25, 0.3) is 27.9 Å². The van der Waals surface area contributed by atoms with E-state index in [-0.39, 0.29) is 0 Å². The van der Waals surface area contributed by atoms with E-state index in [1.165, 1.54) is 6.21 Å². The molecule has 0 aliphatic carbocycles. The van der Waals surface area contributed by atoms with Crippen molar-refractivity contribution < 1.29 is 9.62 Å². The van der Waals surface area contributed by atoms with Crippen LogP contribution < -0.4 is 5.63 Å². The van der Waals surface area contributed by atoms with Crippen molar-refractivity contribution in [3.63, 3.8) is 0 Å². The van der Waals surface area contributed by atoms with E-state index in [1.54, 1.807) is 29.1 Å². The van der Waals surface area contributed by atoms with Gasteiger partial charge in [0.05, 0.1) is 17.5 Å². The highest BCUT2D eigenvalue weighted by atomic mass is 79.9. The van der Waals surface area contributed by atoms with Crippen molar-refractivity contribution in [2.75, 3.05) is 0 Å². The highest BCUT2D eigenvalue weighted by Crippen LogP contribution is 2.25. The molecule has 0 bridgehead atoms. The van der Waals surface area contributed by atoms with Crippen molar-refractivity contribution >= 4 is 33.1 Å². The molecule has 2 aromatic heterocycles. The van der Waals surface area contributed by atoms with E-state index in [1.807, 2.05) is 36.4 Å². The van der Waals surface area contributed by atoms with E-state index >= 15 is 0 Å². The minimum absolute atomic E-state index is 0.292. The van der Waals surface area contributed by atoms with E-state index in [4.69, 9.17) is 9.62 Å². The lowest BCUT2D eigenvalue weighted by Crippen LogP contribution is -2.05. The lowest BCUT2D eigenvalue weighted by atomic mass is 10.1. The number of nitrogens with zero attached hydrogens (tertiary/aromatic N) is 3. The van der Waals surface area contributed by atoms with Crippen molar-refractivity contribution in [3.05, 3.63) is 81.3 Å². The van der Waals surface area contributed by atoms with Crippen LogP contribution in [0.3, 0.4) is 0 Å². The molecule has 0 fully saturated rings. The normalized spacial score (nSPS) is 11.4. The third kappa shape index (κ3) is 2.93. The van der Waals surface area contributed by atoms with Crippen molar-refractivity contribution in [1.82, 2.24) is 9.78 Å². The molecular weight excluding hydrogens is 398 g/mol. The Balaban J connectivity index is 1.94. The Morgan fingerprint density at radius 2 is 1.96 bits per heavy atom. The average molecular weight is 410 g/mol. The van der Waals surface area contributed by atoms with Crippen LogP contribution in [-0.2, 0) is 0 Å². The maximum Gasteiger partial charge on any atom is 0.345 e. The van der Waals surface area contributed by atoms with Gasteiger partial charge >= 0.3 is 5.63 Å². The summed E-state index contributed by atoms with van der Waals surface area (Å²) in [6.45, 7) is 0. The number of oxime groups is 1. The number of benzene rings is 2. The van der Waals surface area contributed by atoms with E-state index < -0.39 is 5.63 Å². The lowest BCUT2D eigenvalue weighted by molar-refractivity contribution is 0.322. The van der Waals surface area contributed by atoms with Crippen LogP contribution >= 0.6 is 15.9 Å². The molecule has 0 amide bonds. The van der Waals surface area contributed by atoms with Gasteiger partial charge in [0.15, 0.2) is 0 Å². The van der Waals surface area contributed by atoms with E-state index in [0.717, 1.165) is 15.5 Å². The van der Waals surface area contributed by atoms with Gasteiger partial charge in [0.2, 0.25) is 0 Å². The van der Waals surface area contributed by atoms with Crippen molar-refractivity contribution in [1.29, 1.82) is 0 Å². The molecule has 0 unspecified atom stereocenters. The Morgan fingerprint density at radius 1 is 1.15 bits per heavy atom. The molecule has 2 aromatic carbocycles. The lowest BCUT2D eigenvalue weighted by Gasteiger charge is -2.02. The zero-order valence-electron chi connectivity index (χ0n) is 13.3. The molecule has 0 aliphatic heterocycles. The Hall–Kier alpha value is -3.19. The predicted octanol–water partition coefficient (Wildman–Crippen LogP) is 4.22. The summed E-state index contributed by atoms with van der Waals surface area (Å²) < 4.78 is 7.91. The molecule has 0 saturated heterocycles. The van der Waals surface area contributed by atoms with Crippen LogP contribution in [0, 0.1) is 0 Å². The number of hydrogen-bond acceptors (Lipinski definition) is 5. The molecule has 0 spiro atoms. The smallest absolute Gasteiger partial charge is 0.345 e. The van der Waals surface area contributed by atoms with Crippen LogP contribution in [0.15, 0.2) is 79.6 Å². The predicted molar refractivity (Wildman–Crippen MR) is 102 cm³/mol. The molecule has 4 rings (SSSR count). The van der Waals surface area contributed by atoms with Gasteiger partial charge in [-0.05, 0) is 36.4 Å². The van der Waals surface area contributed by atoms with Crippen LogP contribution in [0.1, 0.15) is 5.56 Å². The Kier molecular flexibility index (Phi) is 4.14. The van der Waals surface area contributed by atoms with Gasteiger partial charge in [-0.25, -0.2) is 9.48 Å². The first kappa shape index (κ1) is 16.3. The van der Waals surface area contributed by atoms with Gasteiger partial charge in [-0.15, -0.1) is 0 Å². The highest BCUT2D eigenvalue weighted by Gasteiger charge is 2.16. The standard InChI is InChI=1S/C19H12BrN3O3/c20-14-6-7-17-12(8-14)9-16(19(24)26-17)18-13(10-21-25)11-23(22-18)15-4-2-1-3-5-15/h1-11,25H/b21-10+. The molecule has 128 valence electrons. The summed E-state index contributed by atoms with van der Waals surface area (Å²) in [4.78, 5) is 12.5. The number of halogens is 1. The molecule has 0 aliphatic rings. The summed E-state index contributed by atoms with van der Waals surface area (Å²) in [5, 5.41) is 17.3. The molecule has 7 heteroatoms. The van der Waals surface area contributed by atoms with Crippen LogP contribution in [0.2, 0.25) is 0 Å². The molecule has 0 saturated carbocycles. The molecule has 0 radical (unpaired) electrons. The second-order valence-corrected chi connectivity index (χ2v) is 6.50. The SMILES string of the molecule is O=c1oc2ccc(Br)cc2cc1-c1nn(-c2ccccc2)cc1/C=N/O. The van der Waals surface area contributed by atoms with E-state index in [9.17, 15) is 4.79 Å². The van der Waals surface area contributed by atoms with Crippen molar-refractivity contribution in [3.8, 4) is 16.9 Å². The summed E-state index contributed by atoms with van der Waals surface area (Å²) in [7, 11) is 0. The first-order valence-corrected chi connectivity index (χ1v) is 8.51. The third-order valence-electron chi connectivity index (χ3n) is 3.91. The van der Waals surface area contributed by atoms with Crippen molar-refractivity contribution in [2.45, 2.75) is 0 Å². The van der Waals surface area contributed by atoms with Gasteiger partial charge < -0.3 is 9.62 Å². The van der Waals surface area contributed by atoms with Gasteiger partial charge in [0.1, 0.15) is 11.3 Å². The number of hydrogen-bond donors (Lipinski definition) is 1. The first-order valence-electron chi connectivity index (χ1n) is 7.72. The van der Waals surface area contributed by atoms with Gasteiger partial charge in [-0.1, -0.05) is 39.3 Å². The number of fused-ring (bicyclic) bond motifs is 1.